The fourth-order valence-corrected chi connectivity index (χ4v) is 2.70. The number of aromatic nitrogens is 5. The number of benzene rings is 1. The number of nitrogens with two attached hydrogens (primary N) is 1. The van der Waals surface area contributed by atoms with Crippen LogP contribution >= 0.6 is 0 Å². The Kier molecular flexibility index (Phi) is 4.41. The normalized spacial score (nSPS) is 10.9. The van der Waals surface area contributed by atoms with Crippen molar-refractivity contribution in [1.29, 1.82) is 0 Å². The summed E-state index contributed by atoms with van der Waals surface area (Å²) in [4.78, 5) is 20.0. The standard InChI is InChI=1S/C17H20N6O/c1-12-16(22(2)11-19-12)17-20-15(10-14(18)24)21-23(17)9-8-13-6-4-3-5-7-13/h3-7,11H,8-10H2,1-2H3,(H2,18,24). The van der Waals surface area contributed by atoms with Gasteiger partial charge in [0.2, 0.25) is 5.91 Å². The van der Waals surface area contributed by atoms with E-state index < -0.39 is 5.91 Å². The summed E-state index contributed by atoms with van der Waals surface area (Å²) in [6.45, 7) is 2.59. The SMILES string of the molecule is Cc1ncn(C)c1-c1nc(CC(N)=O)nn1CCc1ccccc1. The molecule has 2 aromatic heterocycles. The maximum absolute atomic E-state index is 11.2. The molecule has 1 amide bonds. The third kappa shape index (κ3) is 3.34. The first kappa shape index (κ1) is 15.9. The lowest BCUT2D eigenvalue weighted by molar-refractivity contribution is -0.117. The molecule has 0 aliphatic carbocycles. The van der Waals surface area contributed by atoms with Gasteiger partial charge in [-0.3, -0.25) is 4.79 Å². The second-order valence-electron chi connectivity index (χ2n) is 5.74. The topological polar surface area (TPSA) is 91.6 Å². The van der Waals surface area contributed by atoms with Crippen molar-refractivity contribution in [1.82, 2.24) is 24.3 Å². The highest BCUT2D eigenvalue weighted by Crippen LogP contribution is 2.21. The number of hydrogen-bond donors (Lipinski definition) is 1. The van der Waals surface area contributed by atoms with Crippen LogP contribution in [-0.2, 0) is 31.2 Å². The molecule has 3 aromatic rings. The molecule has 2 heterocycles. The van der Waals surface area contributed by atoms with E-state index in [0.29, 0.717) is 18.2 Å². The Morgan fingerprint density at radius 1 is 1.25 bits per heavy atom. The number of carbonyl (C=O) groups excluding carboxylic acids is 1. The molecule has 0 atom stereocenters. The molecule has 24 heavy (non-hydrogen) atoms. The predicted molar refractivity (Wildman–Crippen MR) is 90.0 cm³/mol. The minimum absolute atomic E-state index is 0.0300. The molecule has 2 N–H and O–H groups in total. The number of primary amides is 1. The van der Waals surface area contributed by atoms with Crippen LogP contribution in [0.15, 0.2) is 36.7 Å². The average Bonchev–Trinajstić information content (AvgIpc) is 3.08. The molecule has 7 nitrogen and oxygen atoms in total. The maximum atomic E-state index is 11.2. The number of aryl methyl sites for hydroxylation is 4. The molecule has 7 heteroatoms. The Balaban J connectivity index is 1.94. The lowest BCUT2D eigenvalue weighted by atomic mass is 10.1. The van der Waals surface area contributed by atoms with E-state index in [0.717, 1.165) is 17.8 Å². The highest BCUT2D eigenvalue weighted by molar-refractivity contribution is 5.75. The van der Waals surface area contributed by atoms with Gasteiger partial charge in [-0.15, -0.1) is 0 Å². The van der Waals surface area contributed by atoms with Gasteiger partial charge < -0.3 is 10.3 Å². The zero-order valence-electron chi connectivity index (χ0n) is 13.8. The van der Waals surface area contributed by atoms with E-state index in [-0.39, 0.29) is 6.42 Å². The van der Waals surface area contributed by atoms with E-state index >= 15 is 0 Å². The first-order chi connectivity index (χ1) is 11.5. The molecule has 0 spiro atoms. The molecular formula is C17H20N6O. The highest BCUT2D eigenvalue weighted by atomic mass is 16.1. The van der Waals surface area contributed by atoms with Crippen molar-refractivity contribution in [3.05, 3.63) is 53.7 Å². The van der Waals surface area contributed by atoms with Crippen LogP contribution in [0.25, 0.3) is 11.5 Å². The van der Waals surface area contributed by atoms with Crippen molar-refractivity contribution < 1.29 is 4.79 Å². The van der Waals surface area contributed by atoms with Gasteiger partial charge >= 0.3 is 0 Å². The summed E-state index contributed by atoms with van der Waals surface area (Å²) in [5.74, 6) is 0.703. The second-order valence-corrected chi connectivity index (χ2v) is 5.74. The molecule has 0 aliphatic rings. The van der Waals surface area contributed by atoms with Gasteiger partial charge in [0.1, 0.15) is 5.69 Å². The number of nitrogens with zero attached hydrogens (tertiary/aromatic N) is 5. The number of hydrogen-bond acceptors (Lipinski definition) is 4. The second kappa shape index (κ2) is 6.66. The van der Waals surface area contributed by atoms with Crippen molar-refractivity contribution in [3.8, 4) is 11.5 Å². The molecule has 0 fully saturated rings. The van der Waals surface area contributed by atoms with Crippen LogP contribution in [0.4, 0.5) is 0 Å². The molecule has 0 saturated heterocycles. The summed E-state index contributed by atoms with van der Waals surface area (Å²) in [7, 11) is 1.92. The van der Waals surface area contributed by atoms with E-state index in [1.54, 1.807) is 6.33 Å². The summed E-state index contributed by atoms with van der Waals surface area (Å²) in [6, 6.07) is 10.2. The minimum Gasteiger partial charge on any atom is -0.369 e. The monoisotopic (exact) mass is 324 g/mol. The Bertz CT molecular complexity index is 830. The number of carbonyl (C=O) groups is 1. The van der Waals surface area contributed by atoms with Gasteiger partial charge in [-0.05, 0) is 18.9 Å². The lowest BCUT2D eigenvalue weighted by Gasteiger charge is -2.07. The Morgan fingerprint density at radius 2 is 2.00 bits per heavy atom. The Labute approximate surface area is 140 Å². The summed E-state index contributed by atoms with van der Waals surface area (Å²) in [5, 5.41) is 4.47. The van der Waals surface area contributed by atoms with Crippen LogP contribution in [0.2, 0.25) is 0 Å². The number of imidazole rings is 1. The summed E-state index contributed by atoms with van der Waals surface area (Å²) in [6.07, 6.45) is 2.60. The van der Waals surface area contributed by atoms with Crippen molar-refractivity contribution in [3.63, 3.8) is 0 Å². The highest BCUT2D eigenvalue weighted by Gasteiger charge is 2.18. The van der Waals surface area contributed by atoms with Crippen LogP contribution in [-0.4, -0.2) is 30.2 Å². The zero-order valence-corrected chi connectivity index (χ0v) is 13.8. The van der Waals surface area contributed by atoms with Crippen LogP contribution < -0.4 is 5.73 Å². The van der Waals surface area contributed by atoms with Crippen LogP contribution in [0.3, 0.4) is 0 Å². The van der Waals surface area contributed by atoms with Crippen LogP contribution in [0.5, 0.6) is 0 Å². The molecule has 1 aromatic carbocycles. The predicted octanol–water partition coefficient (Wildman–Crippen LogP) is 1.26. The van der Waals surface area contributed by atoms with Gasteiger partial charge in [-0.25, -0.2) is 14.6 Å². The summed E-state index contributed by atoms with van der Waals surface area (Å²) >= 11 is 0. The molecule has 0 radical (unpaired) electrons. The third-order valence-corrected chi connectivity index (χ3v) is 3.83. The third-order valence-electron chi connectivity index (χ3n) is 3.83. The van der Waals surface area contributed by atoms with Gasteiger partial charge in [0, 0.05) is 13.6 Å². The van der Waals surface area contributed by atoms with E-state index in [4.69, 9.17) is 5.73 Å². The van der Waals surface area contributed by atoms with E-state index in [1.807, 2.05) is 41.4 Å². The first-order valence-corrected chi connectivity index (χ1v) is 7.79. The van der Waals surface area contributed by atoms with Crippen molar-refractivity contribution in [2.75, 3.05) is 0 Å². The number of amides is 1. The van der Waals surface area contributed by atoms with Gasteiger partial charge in [0.05, 0.1) is 18.4 Å². The van der Waals surface area contributed by atoms with Crippen molar-refractivity contribution in [2.45, 2.75) is 26.3 Å². The smallest absolute Gasteiger partial charge is 0.225 e. The van der Waals surface area contributed by atoms with Gasteiger partial charge in [0.15, 0.2) is 11.6 Å². The lowest BCUT2D eigenvalue weighted by Crippen LogP contribution is -2.15. The Hall–Kier alpha value is -2.96. The van der Waals surface area contributed by atoms with Crippen molar-refractivity contribution >= 4 is 5.91 Å². The molecule has 124 valence electrons. The number of rotatable bonds is 6. The van der Waals surface area contributed by atoms with Crippen LogP contribution in [0.1, 0.15) is 17.1 Å². The minimum atomic E-state index is -0.441. The van der Waals surface area contributed by atoms with E-state index in [1.165, 1.54) is 5.56 Å². The maximum Gasteiger partial charge on any atom is 0.225 e. The average molecular weight is 324 g/mol. The van der Waals surface area contributed by atoms with Crippen LogP contribution in [0, 0.1) is 6.92 Å². The van der Waals surface area contributed by atoms with E-state index in [9.17, 15) is 4.79 Å². The largest absolute Gasteiger partial charge is 0.369 e. The van der Waals surface area contributed by atoms with Crippen molar-refractivity contribution in [2.24, 2.45) is 12.8 Å². The molecular weight excluding hydrogens is 304 g/mol. The fourth-order valence-electron chi connectivity index (χ4n) is 2.70. The quantitative estimate of drug-likeness (QED) is 0.739. The molecule has 0 aliphatic heterocycles. The molecule has 0 unspecified atom stereocenters. The van der Waals surface area contributed by atoms with Gasteiger partial charge in [-0.2, -0.15) is 5.10 Å². The van der Waals surface area contributed by atoms with Gasteiger partial charge in [-0.1, -0.05) is 30.3 Å². The van der Waals surface area contributed by atoms with Gasteiger partial charge in [0.25, 0.3) is 0 Å². The molecule has 3 rings (SSSR count). The molecule has 0 saturated carbocycles. The first-order valence-electron chi connectivity index (χ1n) is 7.79. The fraction of sp³-hybridized carbons (Fsp3) is 0.294. The Morgan fingerprint density at radius 3 is 2.62 bits per heavy atom. The summed E-state index contributed by atoms with van der Waals surface area (Å²) in [5.41, 5.74) is 8.27. The van der Waals surface area contributed by atoms with E-state index in [2.05, 4.69) is 27.2 Å². The molecule has 0 bridgehead atoms. The summed E-state index contributed by atoms with van der Waals surface area (Å²) < 4.78 is 3.74. The zero-order chi connectivity index (χ0) is 17.1.